The molecule has 0 heterocycles. The van der Waals surface area contributed by atoms with Crippen LogP contribution in [-0.4, -0.2) is 35.7 Å². The molecule has 4 rings (SSSR count). The summed E-state index contributed by atoms with van der Waals surface area (Å²) in [6.07, 6.45) is 0.256. The Labute approximate surface area is 233 Å². The number of methoxy groups -OCH3 is 1. The second-order valence-electron chi connectivity index (χ2n) is 9.32. The summed E-state index contributed by atoms with van der Waals surface area (Å²) in [5, 5.41) is 9.35. The Hall–Kier alpha value is -4.40. The van der Waals surface area contributed by atoms with Crippen molar-refractivity contribution in [3.63, 3.8) is 0 Å². The number of para-hydroxylation sites is 2. The number of halogens is 1. The van der Waals surface area contributed by atoms with Gasteiger partial charge in [0.2, 0.25) is 0 Å². The normalized spacial score (nSPS) is 11.7. The van der Waals surface area contributed by atoms with E-state index in [4.69, 9.17) is 19.9 Å². The Bertz CT molecular complexity index is 1410. The standard InChI is InChI=1S/C32H33FN2O5/c1-38-26-12-8-13-27(19-26)40-31-16-7-4-10-24(31)21-35(18-17-29(34)32(36)37)20-23-9-3-6-15-30(23)39-22-25-11-2-5-14-28(25)33/h2-16,19,29H,17-18,20-22,34H2,1H3,(H,36,37)/t29-/m0/s1. The molecule has 0 fully saturated rings. The van der Waals surface area contributed by atoms with Gasteiger partial charge in [-0.15, -0.1) is 0 Å². The summed E-state index contributed by atoms with van der Waals surface area (Å²) in [6, 6.07) is 28.1. The van der Waals surface area contributed by atoms with E-state index in [2.05, 4.69) is 4.90 Å². The third-order valence-electron chi connectivity index (χ3n) is 6.42. The minimum atomic E-state index is -1.05. The molecule has 0 spiro atoms. The number of rotatable bonds is 14. The highest BCUT2D eigenvalue weighted by molar-refractivity contribution is 5.73. The van der Waals surface area contributed by atoms with Crippen LogP contribution < -0.4 is 19.9 Å². The minimum absolute atomic E-state index is 0.0881. The molecular weight excluding hydrogens is 511 g/mol. The van der Waals surface area contributed by atoms with Gasteiger partial charge in [0.25, 0.3) is 0 Å². The lowest BCUT2D eigenvalue weighted by molar-refractivity contribution is -0.138. The quantitative estimate of drug-likeness (QED) is 0.201. The van der Waals surface area contributed by atoms with Crippen molar-refractivity contribution in [1.29, 1.82) is 0 Å². The molecule has 3 N–H and O–H groups in total. The molecule has 4 aromatic carbocycles. The Morgan fingerprint density at radius 3 is 2.12 bits per heavy atom. The number of hydrogen-bond acceptors (Lipinski definition) is 6. The third kappa shape index (κ3) is 8.05. The molecule has 0 saturated carbocycles. The molecule has 0 bridgehead atoms. The monoisotopic (exact) mass is 544 g/mol. The summed E-state index contributed by atoms with van der Waals surface area (Å²) in [5.41, 5.74) is 8.11. The molecule has 0 saturated heterocycles. The van der Waals surface area contributed by atoms with E-state index in [0.717, 1.165) is 11.1 Å². The summed E-state index contributed by atoms with van der Waals surface area (Å²) >= 11 is 0. The zero-order chi connectivity index (χ0) is 28.3. The zero-order valence-corrected chi connectivity index (χ0v) is 22.3. The van der Waals surface area contributed by atoms with Gasteiger partial charge in [0, 0.05) is 42.4 Å². The summed E-state index contributed by atoms with van der Waals surface area (Å²) < 4.78 is 31.7. The van der Waals surface area contributed by atoms with E-state index in [1.165, 1.54) is 6.07 Å². The Morgan fingerprint density at radius 1 is 0.850 bits per heavy atom. The van der Waals surface area contributed by atoms with Crippen LogP contribution in [0, 0.1) is 5.82 Å². The molecule has 0 aliphatic heterocycles. The summed E-state index contributed by atoms with van der Waals surface area (Å²) in [6.45, 7) is 1.43. The fourth-order valence-corrected chi connectivity index (χ4v) is 4.21. The summed E-state index contributed by atoms with van der Waals surface area (Å²) in [5.74, 6) is 1.25. The molecule has 40 heavy (non-hydrogen) atoms. The first-order chi connectivity index (χ1) is 19.4. The highest BCUT2D eigenvalue weighted by Gasteiger charge is 2.18. The van der Waals surface area contributed by atoms with Crippen LogP contribution >= 0.6 is 0 Å². The fourth-order valence-electron chi connectivity index (χ4n) is 4.21. The lowest BCUT2D eigenvalue weighted by Crippen LogP contribution is -2.35. The van der Waals surface area contributed by atoms with Crippen LogP contribution in [0.2, 0.25) is 0 Å². The van der Waals surface area contributed by atoms with Gasteiger partial charge in [-0.3, -0.25) is 9.69 Å². The number of nitrogens with zero attached hydrogens (tertiary/aromatic N) is 1. The maximum atomic E-state index is 14.2. The zero-order valence-electron chi connectivity index (χ0n) is 22.3. The van der Waals surface area contributed by atoms with Gasteiger partial charge in [-0.25, -0.2) is 4.39 Å². The first-order valence-electron chi connectivity index (χ1n) is 13.0. The minimum Gasteiger partial charge on any atom is -0.497 e. The Balaban J connectivity index is 1.55. The van der Waals surface area contributed by atoms with E-state index in [-0.39, 0.29) is 18.8 Å². The molecule has 8 heteroatoms. The van der Waals surface area contributed by atoms with Gasteiger partial charge in [-0.1, -0.05) is 60.7 Å². The van der Waals surface area contributed by atoms with Crippen molar-refractivity contribution in [1.82, 2.24) is 4.90 Å². The van der Waals surface area contributed by atoms with E-state index >= 15 is 0 Å². The summed E-state index contributed by atoms with van der Waals surface area (Å²) in [4.78, 5) is 13.5. The van der Waals surface area contributed by atoms with Gasteiger partial charge in [0.1, 0.15) is 41.5 Å². The van der Waals surface area contributed by atoms with Crippen molar-refractivity contribution >= 4 is 5.97 Å². The van der Waals surface area contributed by atoms with Crippen molar-refractivity contribution in [3.8, 4) is 23.0 Å². The van der Waals surface area contributed by atoms with E-state index in [9.17, 15) is 14.3 Å². The van der Waals surface area contributed by atoms with Crippen LogP contribution in [-0.2, 0) is 24.5 Å². The van der Waals surface area contributed by atoms with E-state index in [0.29, 0.717) is 48.2 Å². The molecule has 0 radical (unpaired) electrons. The number of carbonyl (C=O) groups is 1. The van der Waals surface area contributed by atoms with Crippen LogP contribution in [0.15, 0.2) is 97.1 Å². The van der Waals surface area contributed by atoms with Crippen LogP contribution in [0.4, 0.5) is 4.39 Å². The average Bonchev–Trinajstić information content (AvgIpc) is 2.97. The first kappa shape index (κ1) is 28.6. The number of ether oxygens (including phenoxy) is 3. The van der Waals surface area contributed by atoms with Gasteiger partial charge in [0.05, 0.1) is 7.11 Å². The second kappa shape index (κ2) is 14.1. The van der Waals surface area contributed by atoms with Crippen LogP contribution in [0.5, 0.6) is 23.0 Å². The van der Waals surface area contributed by atoms with E-state index in [1.807, 2.05) is 72.8 Å². The molecule has 0 unspecified atom stereocenters. The molecule has 208 valence electrons. The number of benzene rings is 4. The number of nitrogens with two attached hydrogens (primary N) is 1. The molecule has 7 nitrogen and oxygen atoms in total. The Morgan fingerprint density at radius 2 is 1.45 bits per heavy atom. The SMILES string of the molecule is COc1cccc(Oc2ccccc2CN(CC[C@H](N)C(=O)O)Cc2ccccc2OCc2ccccc2F)c1. The van der Waals surface area contributed by atoms with Gasteiger partial charge in [-0.05, 0) is 36.8 Å². The summed E-state index contributed by atoms with van der Waals surface area (Å²) in [7, 11) is 1.60. The Kier molecular flexibility index (Phi) is 10.1. The van der Waals surface area contributed by atoms with Crippen molar-refractivity contribution < 1.29 is 28.5 Å². The average molecular weight is 545 g/mol. The van der Waals surface area contributed by atoms with Gasteiger partial charge in [-0.2, -0.15) is 0 Å². The lowest BCUT2D eigenvalue weighted by Gasteiger charge is -2.25. The molecule has 0 aromatic heterocycles. The van der Waals surface area contributed by atoms with Gasteiger partial charge < -0.3 is 25.1 Å². The van der Waals surface area contributed by atoms with Crippen molar-refractivity contribution in [2.24, 2.45) is 5.73 Å². The number of carboxylic acid groups (broad SMARTS) is 1. The molecule has 0 aliphatic rings. The fraction of sp³-hybridized carbons (Fsp3) is 0.219. The predicted molar refractivity (Wildman–Crippen MR) is 151 cm³/mol. The first-order valence-corrected chi connectivity index (χ1v) is 13.0. The van der Waals surface area contributed by atoms with Crippen LogP contribution in [0.1, 0.15) is 23.1 Å². The number of hydrogen-bond donors (Lipinski definition) is 2. The smallest absolute Gasteiger partial charge is 0.320 e. The molecule has 0 aliphatic carbocycles. The second-order valence-corrected chi connectivity index (χ2v) is 9.32. The highest BCUT2D eigenvalue weighted by Crippen LogP contribution is 2.30. The van der Waals surface area contributed by atoms with E-state index < -0.39 is 12.0 Å². The molecular formula is C32H33FN2O5. The highest BCUT2D eigenvalue weighted by atomic mass is 19.1. The molecule has 1 atom stereocenters. The topological polar surface area (TPSA) is 94.2 Å². The largest absolute Gasteiger partial charge is 0.497 e. The van der Waals surface area contributed by atoms with Crippen molar-refractivity contribution in [2.45, 2.75) is 32.2 Å². The van der Waals surface area contributed by atoms with Gasteiger partial charge >= 0.3 is 5.97 Å². The lowest BCUT2D eigenvalue weighted by atomic mass is 10.1. The van der Waals surface area contributed by atoms with Crippen LogP contribution in [0.25, 0.3) is 0 Å². The third-order valence-corrected chi connectivity index (χ3v) is 6.42. The number of aliphatic carboxylic acids is 1. The maximum Gasteiger partial charge on any atom is 0.320 e. The van der Waals surface area contributed by atoms with E-state index in [1.54, 1.807) is 25.3 Å². The molecule has 4 aromatic rings. The van der Waals surface area contributed by atoms with Crippen LogP contribution in [0.3, 0.4) is 0 Å². The number of carboxylic acids is 1. The predicted octanol–water partition coefficient (Wildman–Crippen LogP) is 6.01. The maximum absolute atomic E-state index is 14.2. The van der Waals surface area contributed by atoms with Crippen molar-refractivity contribution in [3.05, 3.63) is 120 Å². The molecule has 0 amide bonds. The van der Waals surface area contributed by atoms with Gasteiger partial charge in [0.15, 0.2) is 0 Å². The van der Waals surface area contributed by atoms with Crippen molar-refractivity contribution in [2.75, 3.05) is 13.7 Å².